The van der Waals surface area contributed by atoms with E-state index in [-0.39, 0.29) is 92.7 Å². The number of benzene rings is 3. The Balaban J connectivity index is 0.668. The van der Waals surface area contributed by atoms with Gasteiger partial charge in [-0.2, -0.15) is 15.1 Å². The fourth-order valence-corrected chi connectivity index (χ4v) is 13.5. The summed E-state index contributed by atoms with van der Waals surface area (Å²) in [6, 6.07) is 7.12. The first-order valence-corrected chi connectivity index (χ1v) is 26.5. The molecule has 2 N–H and O–H groups in total. The van der Waals surface area contributed by atoms with Crippen molar-refractivity contribution in [3.63, 3.8) is 0 Å². The molecular weight excluding hydrogens is 995 g/mol. The van der Waals surface area contributed by atoms with Crippen LogP contribution in [0.2, 0.25) is 0 Å². The highest BCUT2D eigenvalue weighted by Crippen LogP contribution is 2.55. The molecule has 76 heavy (non-hydrogen) atoms. The Bertz CT molecular complexity index is 3350. The van der Waals surface area contributed by atoms with Gasteiger partial charge in [-0.25, -0.2) is 31.1 Å². The van der Waals surface area contributed by atoms with Crippen molar-refractivity contribution in [1.29, 1.82) is 0 Å². The van der Waals surface area contributed by atoms with Crippen molar-refractivity contribution in [3.8, 4) is 23.0 Å². The van der Waals surface area contributed by atoms with E-state index in [0.717, 1.165) is 83.5 Å². The zero-order chi connectivity index (χ0) is 52.5. The van der Waals surface area contributed by atoms with E-state index >= 15 is 17.6 Å². The minimum absolute atomic E-state index is 0.00144. The molecule has 6 aromatic rings. The van der Waals surface area contributed by atoms with Crippen molar-refractivity contribution >= 4 is 56.2 Å². The van der Waals surface area contributed by atoms with Crippen LogP contribution in [0.25, 0.3) is 43.8 Å². The summed E-state index contributed by atoms with van der Waals surface area (Å²) in [5.41, 5.74) is -0.582. The van der Waals surface area contributed by atoms with Gasteiger partial charge in [0.15, 0.2) is 11.6 Å². The van der Waals surface area contributed by atoms with Gasteiger partial charge in [0.05, 0.1) is 42.2 Å². The second kappa shape index (κ2) is 18.1. The van der Waals surface area contributed by atoms with Gasteiger partial charge >= 0.3 is 12.0 Å². The van der Waals surface area contributed by atoms with Crippen molar-refractivity contribution in [2.75, 3.05) is 75.4 Å². The van der Waals surface area contributed by atoms with E-state index in [1.54, 1.807) is 7.05 Å². The minimum Gasteiger partial charge on any atom is -0.508 e. The number of aromatic nitrogens is 5. The summed E-state index contributed by atoms with van der Waals surface area (Å²) in [6.07, 6.45) is 9.68. The molecule has 21 heteroatoms. The number of alkyl halides is 3. The lowest BCUT2D eigenvalue weighted by Gasteiger charge is -2.57. The number of hydrogen-bond donors (Lipinski definition) is 2. The Morgan fingerprint density at radius 1 is 0.895 bits per heavy atom. The fourth-order valence-electron chi connectivity index (χ4n) is 13.5. The highest BCUT2D eigenvalue weighted by atomic mass is 19.3. The molecule has 0 radical (unpaired) electrons. The van der Waals surface area contributed by atoms with E-state index in [2.05, 4.69) is 30.2 Å². The van der Waals surface area contributed by atoms with Crippen molar-refractivity contribution in [2.24, 2.45) is 17.9 Å². The maximum absolute atomic E-state index is 17.2. The van der Waals surface area contributed by atoms with E-state index in [0.29, 0.717) is 60.3 Å². The zero-order valence-corrected chi connectivity index (χ0v) is 42.1. The number of nitrogens with zero attached hydrogens (tertiary/aromatic N) is 9. The first-order chi connectivity index (χ1) is 36.5. The van der Waals surface area contributed by atoms with E-state index < -0.39 is 54.4 Å². The highest BCUT2D eigenvalue weighted by Gasteiger charge is 2.54. The lowest BCUT2D eigenvalue weighted by atomic mass is 9.59. The molecule has 7 aliphatic rings. The number of aromatic hydroxyl groups is 1. The van der Waals surface area contributed by atoms with Crippen molar-refractivity contribution in [3.05, 3.63) is 71.2 Å². The van der Waals surface area contributed by atoms with Crippen molar-refractivity contribution in [2.45, 2.75) is 101 Å². The van der Waals surface area contributed by atoms with Crippen LogP contribution in [0, 0.1) is 28.3 Å². The summed E-state index contributed by atoms with van der Waals surface area (Å²) in [6.45, 7) is 3.56. The first-order valence-electron chi connectivity index (χ1n) is 26.5. The highest BCUT2D eigenvalue weighted by molar-refractivity contribution is 6.09. The molecule has 3 aromatic heterocycles. The van der Waals surface area contributed by atoms with Gasteiger partial charge in [-0.1, -0.05) is 6.07 Å². The fraction of sp³-hybridized carbons (Fsp3) is 0.527. The number of phenolic OH excluding ortho intramolecular Hbond substituents is 1. The number of likely N-dealkylation sites (tertiary alicyclic amines) is 2. The number of hydrogen-bond acceptors (Lipinski definition) is 12. The number of fused-ring (bicyclic) bond motifs is 3. The molecule has 3 aromatic carbocycles. The molecule has 5 aliphatic heterocycles. The molecule has 400 valence electrons. The maximum atomic E-state index is 17.2. The minimum atomic E-state index is -3.19. The Morgan fingerprint density at radius 2 is 1.70 bits per heavy atom. The predicted octanol–water partition coefficient (Wildman–Crippen LogP) is 9.06. The van der Waals surface area contributed by atoms with Crippen LogP contribution in [0.1, 0.15) is 87.7 Å². The zero-order valence-electron chi connectivity index (χ0n) is 42.1. The van der Waals surface area contributed by atoms with Gasteiger partial charge in [0, 0.05) is 85.6 Å². The number of amides is 3. The number of carbonyl (C=O) groups is 2. The number of aryl methyl sites for hydroxylation is 1. The quantitative estimate of drug-likeness (QED) is 0.119. The second-order valence-electron chi connectivity index (χ2n) is 22.9. The van der Waals surface area contributed by atoms with Crippen LogP contribution in [0.3, 0.4) is 0 Å². The lowest BCUT2D eigenvalue weighted by molar-refractivity contribution is -0.151. The SMILES string of the molecule is Cn1nc(N2CCC(=O)NC2=O)c2cc(F)c(C3CCN(C4CC5(CCN(CC6(COc7nc(N8CCC[C@]9(CCO9)C8)c8cnc(-c9cc(O)cc%10ccc(F)c(CF)c9%10)c(F)c8n7)CC6)CC5)C4)CC3(F)F)cc21. The van der Waals surface area contributed by atoms with Crippen LogP contribution in [0.15, 0.2) is 42.6 Å². The van der Waals surface area contributed by atoms with Crippen LogP contribution >= 0.6 is 0 Å². The maximum Gasteiger partial charge on any atom is 0.329 e. The third-order valence-corrected chi connectivity index (χ3v) is 18.0. The van der Waals surface area contributed by atoms with Crippen LogP contribution in [-0.2, 0) is 23.3 Å². The summed E-state index contributed by atoms with van der Waals surface area (Å²) in [4.78, 5) is 46.1. The number of halogens is 6. The van der Waals surface area contributed by atoms with E-state index in [4.69, 9.17) is 14.5 Å². The van der Waals surface area contributed by atoms with Gasteiger partial charge in [-0.05, 0) is 124 Å². The molecule has 0 bridgehead atoms. The molecule has 3 amide bonds. The Hall–Kier alpha value is -6.32. The van der Waals surface area contributed by atoms with Gasteiger partial charge in [0.25, 0.3) is 5.92 Å². The molecule has 2 atom stereocenters. The van der Waals surface area contributed by atoms with Crippen LogP contribution in [0.5, 0.6) is 11.8 Å². The standard InChI is InChI=1S/C55H58F6N10O5/c1-67-42-22-34(41(58)21-35(42)49(66-67)71-15-6-43(73)63-51(71)74)39-5-14-69(29-55(39,60)61)32-23-52(24-32)10-16-68(17-11-52)27-53(8-9-53)30-75-50-64-47-38(48(65-50)70-13-2-7-54(28-70)12-18-76-54)26-62-46(45(47)59)36-20-33(72)19-31-3-4-40(57)37(25-56)44(31)36/h3-4,19-22,26,32,39,72H,2,5-18,23-25,27-30H2,1H3,(H,63,73,74)/t39?,54-/m0/s1. The van der Waals surface area contributed by atoms with Crippen LogP contribution in [-0.4, -0.2) is 135 Å². The normalized spacial score (nSPS) is 24.6. The molecule has 13 rings (SSSR count). The van der Waals surface area contributed by atoms with E-state index in [1.807, 2.05) is 4.90 Å². The summed E-state index contributed by atoms with van der Waals surface area (Å²) in [5.74, 6) is -6.93. The molecule has 2 spiro atoms. The summed E-state index contributed by atoms with van der Waals surface area (Å²) < 4.78 is 109. The Labute approximate surface area is 433 Å². The van der Waals surface area contributed by atoms with E-state index in [1.165, 1.54) is 46.1 Å². The van der Waals surface area contributed by atoms with Crippen molar-refractivity contribution in [1.82, 2.24) is 39.8 Å². The summed E-state index contributed by atoms with van der Waals surface area (Å²) in [5, 5.41) is 18.4. The number of rotatable bonds is 11. The number of urea groups is 1. The molecule has 15 nitrogen and oxygen atoms in total. The van der Waals surface area contributed by atoms with Gasteiger partial charge in [0.1, 0.15) is 41.1 Å². The number of piperidine rings is 3. The second-order valence-corrected chi connectivity index (χ2v) is 22.9. The number of phenols is 1. The van der Waals surface area contributed by atoms with Gasteiger partial charge in [-0.3, -0.25) is 29.6 Å². The molecular formula is C55H58F6N10O5. The van der Waals surface area contributed by atoms with Gasteiger partial charge in [0.2, 0.25) is 5.91 Å². The van der Waals surface area contributed by atoms with Crippen LogP contribution < -0.4 is 19.9 Å². The third-order valence-electron chi connectivity index (χ3n) is 18.0. The number of ether oxygens (including phenoxy) is 2. The molecule has 8 heterocycles. The number of carbonyl (C=O) groups excluding carboxylic acids is 2. The number of imide groups is 1. The largest absolute Gasteiger partial charge is 0.508 e. The first kappa shape index (κ1) is 49.3. The smallest absolute Gasteiger partial charge is 0.329 e. The molecule has 2 aliphatic carbocycles. The summed E-state index contributed by atoms with van der Waals surface area (Å²) in [7, 11) is 1.62. The molecule has 5 saturated heterocycles. The lowest BCUT2D eigenvalue weighted by Crippen LogP contribution is -2.59. The predicted molar refractivity (Wildman–Crippen MR) is 270 cm³/mol. The number of nitrogens with one attached hydrogen (secondary N) is 1. The average Bonchev–Trinajstić information content (AvgIpc) is 4.08. The summed E-state index contributed by atoms with van der Waals surface area (Å²) >= 11 is 0. The van der Waals surface area contributed by atoms with Crippen LogP contribution in [0.4, 0.5) is 42.8 Å². The topological polar surface area (TPSA) is 154 Å². The van der Waals surface area contributed by atoms with Gasteiger partial charge < -0.3 is 24.4 Å². The Morgan fingerprint density at radius 3 is 2.42 bits per heavy atom. The van der Waals surface area contributed by atoms with E-state index in [9.17, 15) is 23.5 Å². The molecule has 7 fully saturated rings. The Kier molecular flexibility index (Phi) is 11.8. The third kappa shape index (κ3) is 8.45. The molecule has 2 saturated carbocycles. The molecule has 1 unspecified atom stereocenters. The van der Waals surface area contributed by atoms with Gasteiger partial charge in [-0.15, -0.1) is 0 Å². The number of anilines is 2. The van der Waals surface area contributed by atoms with Crippen molar-refractivity contribution < 1.29 is 50.5 Å². The number of pyridine rings is 1. The average molecular weight is 1050 g/mol. The monoisotopic (exact) mass is 1050 g/mol.